The second-order valence-corrected chi connectivity index (χ2v) is 10.6. The lowest BCUT2D eigenvalue weighted by atomic mass is 9.65. The zero-order valence-corrected chi connectivity index (χ0v) is 21.5. The fourth-order valence-corrected chi connectivity index (χ4v) is 6.98. The van der Waals surface area contributed by atoms with Gasteiger partial charge in [0.25, 0.3) is 0 Å². The van der Waals surface area contributed by atoms with Crippen molar-refractivity contribution < 1.29 is 9.15 Å². The van der Waals surface area contributed by atoms with Gasteiger partial charge in [-0.05, 0) is 58.7 Å². The van der Waals surface area contributed by atoms with Gasteiger partial charge in [0.2, 0.25) is 0 Å². The number of benzene rings is 6. The van der Waals surface area contributed by atoms with Gasteiger partial charge in [-0.25, -0.2) is 0 Å². The first-order valence-corrected chi connectivity index (χ1v) is 13.6. The summed E-state index contributed by atoms with van der Waals surface area (Å²) in [5.41, 5.74) is 10.6. The molecule has 0 fully saturated rings. The maximum Gasteiger partial charge on any atom is 0.137 e. The van der Waals surface area contributed by atoms with Crippen LogP contribution in [0.2, 0.25) is 0 Å². The first kappa shape index (κ1) is 21.6. The van der Waals surface area contributed by atoms with Gasteiger partial charge in [-0.3, -0.25) is 0 Å². The minimum atomic E-state index is -0.523. The standard InChI is InChI=1S/C37H23NO2/c1-4-13-28-24(10-1)25-11-2-5-14-29(25)37(28)30-15-6-8-18-33(30)40-34-19-9-16-31(36(34)37)38-23-20-21-27-26-12-3-7-17-32(26)39-35(27)22-23/h1-22,38H. The van der Waals surface area contributed by atoms with Gasteiger partial charge < -0.3 is 14.5 Å². The number of anilines is 2. The summed E-state index contributed by atoms with van der Waals surface area (Å²) in [6.45, 7) is 0. The van der Waals surface area contributed by atoms with Gasteiger partial charge in [-0.2, -0.15) is 0 Å². The minimum Gasteiger partial charge on any atom is -0.457 e. The molecule has 1 aromatic heterocycles. The van der Waals surface area contributed by atoms with Crippen LogP contribution in [-0.2, 0) is 5.41 Å². The molecule has 6 aromatic carbocycles. The molecule has 1 N–H and O–H groups in total. The zero-order valence-electron chi connectivity index (χ0n) is 21.5. The van der Waals surface area contributed by atoms with Crippen LogP contribution in [0, 0.1) is 0 Å². The number of para-hydroxylation sites is 2. The van der Waals surface area contributed by atoms with Crippen molar-refractivity contribution in [3.8, 4) is 22.6 Å². The van der Waals surface area contributed by atoms with Crippen molar-refractivity contribution >= 4 is 33.3 Å². The molecule has 40 heavy (non-hydrogen) atoms. The van der Waals surface area contributed by atoms with E-state index < -0.39 is 5.41 Å². The van der Waals surface area contributed by atoms with E-state index >= 15 is 0 Å². The van der Waals surface area contributed by atoms with Crippen LogP contribution in [0.5, 0.6) is 11.5 Å². The van der Waals surface area contributed by atoms with Gasteiger partial charge in [-0.1, -0.05) is 91.0 Å². The summed E-state index contributed by atoms with van der Waals surface area (Å²) in [7, 11) is 0. The number of nitrogens with one attached hydrogen (secondary N) is 1. The summed E-state index contributed by atoms with van der Waals surface area (Å²) in [5, 5.41) is 6.02. The largest absolute Gasteiger partial charge is 0.457 e. The Labute approximate surface area is 231 Å². The van der Waals surface area contributed by atoms with E-state index in [4.69, 9.17) is 9.15 Å². The van der Waals surface area contributed by atoms with Gasteiger partial charge in [0.15, 0.2) is 0 Å². The summed E-state index contributed by atoms with van der Waals surface area (Å²) >= 11 is 0. The van der Waals surface area contributed by atoms with E-state index in [1.807, 2.05) is 18.2 Å². The molecule has 1 aliphatic heterocycles. The van der Waals surface area contributed by atoms with E-state index in [9.17, 15) is 0 Å². The first-order valence-electron chi connectivity index (χ1n) is 13.6. The molecule has 9 rings (SSSR count). The molecule has 2 heterocycles. The summed E-state index contributed by atoms with van der Waals surface area (Å²) < 4.78 is 12.8. The quantitative estimate of drug-likeness (QED) is 0.250. The summed E-state index contributed by atoms with van der Waals surface area (Å²) in [6, 6.07) is 46.9. The van der Waals surface area contributed by atoms with Crippen molar-refractivity contribution in [3.05, 3.63) is 156 Å². The second-order valence-electron chi connectivity index (χ2n) is 10.6. The van der Waals surface area contributed by atoms with Crippen LogP contribution in [0.3, 0.4) is 0 Å². The van der Waals surface area contributed by atoms with Crippen molar-refractivity contribution in [2.75, 3.05) is 5.32 Å². The Hall–Kier alpha value is -5.28. The Kier molecular flexibility index (Phi) is 4.26. The molecule has 3 nitrogen and oxygen atoms in total. The topological polar surface area (TPSA) is 34.4 Å². The third kappa shape index (κ3) is 2.73. The highest BCUT2D eigenvalue weighted by Crippen LogP contribution is 2.63. The predicted octanol–water partition coefficient (Wildman–Crippen LogP) is 9.80. The van der Waals surface area contributed by atoms with E-state index in [1.165, 1.54) is 22.3 Å². The molecule has 2 aliphatic rings. The Balaban J connectivity index is 1.31. The van der Waals surface area contributed by atoms with E-state index in [1.54, 1.807) is 0 Å². The maximum absolute atomic E-state index is 6.62. The van der Waals surface area contributed by atoms with Gasteiger partial charge in [0.05, 0.1) is 5.41 Å². The maximum atomic E-state index is 6.62. The minimum absolute atomic E-state index is 0.523. The van der Waals surface area contributed by atoms with Crippen LogP contribution < -0.4 is 10.1 Å². The number of hydrogen-bond acceptors (Lipinski definition) is 3. The zero-order chi connectivity index (χ0) is 26.3. The molecule has 0 saturated carbocycles. The summed E-state index contributed by atoms with van der Waals surface area (Å²) in [6.07, 6.45) is 0. The van der Waals surface area contributed by atoms with Crippen molar-refractivity contribution in [1.29, 1.82) is 0 Å². The van der Waals surface area contributed by atoms with Crippen LogP contribution in [-0.4, -0.2) is 0 Å². The van der Waals surface area contributed by atoms with E-state index in [-0.39, 0.29) is 0 Å². The van der Waals surface area contributed by atoms with Crippen molar-refractivity contribution in [1.82, 2.24) is 0 Å². The van der Waals surface area contributed by atoms with Gasteiger partial charge in [0.1, 0.15) is 22.7 Å². The number of fused-ring (bicyclic) bond motifs is 12. The fourth-order valence-electron chi connectivity index (χ4n) is 6.98. The highest BCUT2D eigenvalue weighted by Gasteiger charge is 2.52. The molecule has 1 aliphatic carbocycles. The monoisotopic (exact) mass is 513 g/mol. The van der Waals surface area contributed by atoms with Crippen LogP contribution in [0.15, 0.2) is 138 Å². The Morgan fingerprint density at radius 1 is 0.500 bits per heavy atom. The molecular weight excluding hydrogens is 490 g/mol. The second kappa shape index (κ2) is 7.87. The fraction of sp³-hybridized carbons (Fsp3) is 0.0270. The van der Waals surface area contributed by atoms with Gasteiger partial charge in [-0.15, -0.1) is 0 Å². The Morgan fingerprint density at radius 2 is 1.15 bits per heavy atom. The molecule has 0 unspecified atom stereocenters. The molecule has 0 bridgehead atoms. The lowest BCUT2D eigenvalue weighted by Gasteiger charge is -2.40. The lowest BCUT2D eigenvalue weighted by Crippen LogP contribution is -2.33. The van der Waals surface area contributed by atoms with E-state index in [0.29, 0.717) is 0 Å². The number of rotatable bonds is 2. The van der Waals surface area contributed by atoms with Crippen molar-refractivity contribution in [2.24, 2.45) is 0 Å². The number of furan rings is 1. The summed E-state index contributed by atoms with van der Waals surface area (Å²) in [4.78, 5) is 0. The van der Waals surface area contributed by atoms with Crippen molar-refractivity contribution in [2.45, 2.75) is 5.41 Å². The van der Waals surface area contributed by atoms with Gasteiger partial charge >= 0.3 is 0 Å². The molecule has 1 spiro atoms. The van der Waals surface area contributed by atoms with Gasteiger partial charge in [0, 0.05) is 39.3 Å². The number of ether oxygens (including phenoxy) is 1. The normalized spacial score (nSPS) is 13.9. The van der Waals surface area contributed by atoms with Crippen molar-refractivity contribution in [3.63, 3.8) is 0 Å². The molecule has 0 atom stereocenters. The molecule has 0 amide bonds. The Morgan fingerprint density at radius 3 is 1.98 bits per heavy atom. The SMILES string of the molecule is c1ccc2c(c1)Oc1cccc(Nc3ccc4c(c3)oc3ccccc34)c1C21c2ccccc2-c2ccccc21. The average molecular weight is 514 g/mol. The molecule has 0 radical (unpaired) electrons. The van der Waals surface area contributed by atoms with E-state index in [2.05, 4.69) is 121 Å². The highest BCUT2D eigenvalue weighted by atomic mass is 16.5. The van der Waals surface area contributed by atoms with E-state index in [0.717, 1.165) is 55.9 Å². The van der Waals surface area contributed by atoms with Crippen LogP contribution in [0.25, 0.3) is 33.1 Å². The molecule has 0 saturated heterocycles. The number of hydrogen-bond donors (Lipinski definition) is 1. The molecule has 7 aromatic rings. The first-order chi connectivity index (χ1) is 19.8. The smallest absolute Gasteiger partial charge is 0.137 e. The molecule has 188 valence electrons. The highest BCUT2D eigenvalue weighted by molar-refractivity contribution is 6.05. The van der Waals surface area contributed by atoms with Crippen LogP contribution >= 0.6 is 0 Å². The predicted molar refractivity (Wildman–Crippen MR) is 161 cm³/mol. The third-order valence-corrected chi connectivity index (χ3v) is 8.52. The van der Waals surface area contributed by atoms with Crippen LogP contribution in [0.1, 0.15) is 22.3 Å². The average Bonchev–Trinajstić information content (AvgIpc) is 3.51. The third-order valence-electron chi connectivity index (χ3n) is 8.52. The summed E-state index contributed by atoms with van der Waals surface area (Å²) in [5.74, 6) is 1.75. The van der Waals surface area contributed by atoms with Crippen LogP contribution in [0.4, 0.5) is 11.4 Å². The molecule has 3 heteroatoms. The Bertz CT molecular complexity index is 2090. The molecular formula is C37H23NO2. The lowest BCUT2D eigenvalue weighted by molar-refractivity contribution is 0.437.